The van der Waals surface area contributed by atoms with Crippen molar-refractivity contribution in [1.29, 1.82) is 0 Å². The number of sulfonamides is 1. The molecule has 0 spiro atoms. The molecular formula is C29H34FN3O4S. The van der Waals surface area contributed by atoms with Crippen LogP contribution in [0.1, 0.15) is 26.3 Å². The Kier molecular flexibility index (Phi) is 10.0. The molecular weight excluding hydrogens is 505 g/mol. The first-order chi connectivity index (χ1) is 18.1. The third-order valence-electron chi connectivity index (χ3n) is 6.06. The van der Waals surface area contributed by atoms with Crippen LogP contribution in [-0.2, 0) is 26.0 Å². The largest absolute Gasteiger partial charge is 0.354 e. The zero-order chi connectivity index (χ0) is 27.7. The van der Waals surface area contributed by atoms with Gasteiger partial charge in [-0.05, 0) is 61.2 Å². The Balaban J connectivity index is 1.93. The molecule has 0 aromatic heterocycles. The Morgan fingerprint density at radius 3 is 2.03 bits per heavy atom. The lowest BCUT2D eigenvalue weighted by Crippen LogP contribution is -2.52. The van der Waals surface area contributed by atoms with Gasteiger partial charge in [0.25, 0.3) is 10.0 Å². The summed E-state index contributed by atoms with van der Waals surface area (Å²) in [5, 5.41) is 2.86. The van der Waals surface area contributed by atoms with Crippen molar-refractivity contribution in [3.8, 4) is 0 Å². The van der Waals surface area contributed by atoms with Gasteiger partial charge in [-0.3, -0.25) is 13.9 Å². The molecule has 0 radical (unpaired) electrons. The van der Waals surface area contributed by atoms with Crippen molar-refractivity contribution in [3.63, 3.8) is 0 Å². The van der Waals surface area contributed by atoms with Crippen LogP contribution in [0.15, 0.2) is 89.8 Å². The summed E-state index contributed by atoms with van der Waals surface area (Å²) in [5.74, 6) is -1.18. The number of hydrogen-bond donors (Lipinski definition) is 1. The van der Waals surface area contributed by atoms with Gasteiger partial charge in [-0.2, -0.15) is 0 Å². The van der Waals surface area contributed by atoms with Crippen LogP contribution >= 0.6 is 0 Å². The van der Waals surface area contributed by atoms with Gasteiger partial charge in [0.05, 0.1) is 10.6 Å². The fourth-order valence-corrected chi connectivity index (χ4v) is 5.29. The smallest absolute Gasteiger partial charge is 0.264 e. The molecule has 3 rings (SSSR count). The van der Waals surface area contributed by atoms with Crippen LogP contribution in [0.3, 0.4) is 0 Å². The first-order valence-electron chi connectivity index (χ1n) is 12.5. The van der Waals surface area contributed by atoms with Crippen LogP contribution in [0.5, 0.6) is 0 Å². The molecule has 0 heterocycles. The predicted molar refractivity (Wildman–Crippen MR) is 147 cm³/mol. The van der Waals surface area contributed by atoms with Crippen LogP contribution in [0, 0.1) is 11.7 Å². The molecule has 38 heavy (non-hydrogen) atoms. The van der Waals surface area contributed by atoms with Crippen molar-refractivity contribution in [1.82, 2.24) is 10.2 Å². The fraction of sp³-hybridized carbons (Fsp3) is 0.310. The minimum atomic E-state index is -4.22. The maximum Gasteiger partial charge on any atom is 0.264 e. The molecule has 0 aliphatic heterocycles. The zero-order valence-electron chi connectivity index (χ0n) is 21.9. The van der Waals surface area contributed by atoms with E-state index >= 15 is 0 Å². The number of rotatable bonds is 12. The predicted octanol–water partition coefficient (Wildman–Crippen LogP) is 4.25. The average Bonchev–Trinajstić information content (AvgIpc) is 2.91. The molecule has 9 heteroatoms. The van der Waals surface area contributed by atoms with E-state index in [1.54, 1.807) is 37.3 Å². The van der Waals surface area contributed by atoms with Gasteiger partial charge in [-0.15, -0.1) is 0 Å². The van der Waals surface area contributed by atoms with Crippen molar-refractivity contribution >= 4 is 27.5 Å². The summed E-state index contributed by atoms with van der Waals surface area (Å²) in [6, 6.07) is 21.4. The van der Waals surface area contributed by atoms with E-state index in [1.165, 1.54) is 17.0 Å². The second-order valence-corrected chi connectivity index (χ2v) is 11.3. The molecule has 0 saturated carbocycles. The molecule has 0 bridgehead atoms. The minimum Gasteiger partial charge on any atom is -0.354 e. The number of halogens is 1. The molecule has 7 nitrogen and oxygen atoms in total. The van der Waals surface area contributed by atoms with Crippen LogP contribution in [0.4, 0.5) is 10.1 Å². The van der Waals surface area contributed by atoms with Crippen molar-refractivity contribution in [2.75, 3.05) is 23.9 Å². The van der Waals surface area contributed by atoms with Crippen LogP contribution in [-0.4, -0.2) is 50.8 Å². The number of amides is 2. The molecule has 1 atom stereocenters. The van der Waals surface area contributed by atoms with Gasteiger partial charge in [-0.1, -0.05) is 62.4 Å². The third-order valence-corrected chi connectivity index (χ3v) is 7.85. The van der Waals surface area contributed by atoms with Gasteiger partial charge in [0.15, 0.2) is 0 Å². The molecule has 3 aromatic carbocycles. The Morgan fingerprint density at radius 1 is 0.868 bits per heavy atom. The van der Waals surface area contributed by atoms with Crippen molar-refractivity contribution in [2.24, 2.45) is 5.92 Å². The topological polar surface area (TPSA) is 86.8 Å². The number of benzene rings is 3. The Bertz CT molecular complexity index is 1300. The number of para-hydroxylation sites is 1. The molecule has 2 amide bonds. The van der Waals surface area contributed by atoms with Gasteiger partial charge >= 0.3 is 0 Å². The summed E-state index contributed by atoms with van der Waals surface area (Å²) < 4.78 is 41.7. The van der Waals surface area contributed by atoms with E-state index in [2.05, 4.69) is 5.32 Å². The highest BCUT2D eigenvalue weighted by molar-refractivity contribution is 7.92. The molecule has 1 unspecified atom stereocenters. The minimum absolute atomic E-state index is 0.144. The highest BCUT2D eigenvalue weighted by Crippen LogP contribution is 2.24. The molecule has 0 saturated heterocycles. The standard InChI is InChI=1S/C29H34FN3O4S/c1-22(2)20-31-29(35)23(3)32(19-18-24-10-6-4-7-11-24)28(34)21-33(26-12-8-5-9-13-26)38(36,37)27-16-14-25(30)15-17-27/h4-17,22-23H,18-21H2,1-3H3,(H,31,35). The van der Waals surface area contributed by atoms with E-state index in [1.807, 2.05) is 44.2 Å². The summed E-state index contributed by atoms with van der Waals surface area (Å²) in [6.07, 6.45) is 0.491. The Labute approximate surface area is 224 Å². The SMILES string of the molecule is CC(C)CNC(=O)C(C)N(CCc1ccccc1)C(=O)CN(c1ccccc1)S(=O)(=O)c1ccc(F)cc1. The lowest BCUT2D eigenvalue weighted by atomic mass is 10.1. The lowest BCUT2D eigenvalue weighted by Gasteiger charge is -2.32. The molecule has 202 valence electrons. The number of anilines is 1. The molecule has 0 aliphatic rings. The number of nitrogens with zero attached hydrogens (tertiary/aromatic N) is 2. The maximum absolute atomic E-state index is 13.7. The van der Waals surface area contributed by atoms with Crippen molar-refractivity contribution in [3.05, 3.63) is 96.3 Å². The van der Waals surface area contributed by atoms with Crippen molar-refractivity contribution < 1.29 is 22.4 Å². The quantitative estimate of drug-likeness (QED) is 0.373. The maximum atomic E-state index is 13.7. The molecule has 0 aliphatic carbocycles. The van der Waals surface area contributed by atoms with E-state index in [0.29, 0.717) is 13.0 Å². The monoisotopic (exact) mass is 539 g/mol. The summed E-state index contributed by atoms with van der Waals surface area (Å²) in [5.41, 5.74) is 1.27. The third kappa shape index (κ3) is 7.64. The second kappa shape index (κ2) is 13.2. The Morgan fingerprint density at radius 2 is 1.45 bits per heavy atom. The summed E-state index contributed by atoms with van der Waals surface area (Å²) in [4.78, 5) is 28.0. The average molecular weight is 540 g/mol. The van der Waals surface area contributed by atoms with Gasteiger partial charge < -0.3 is 10.2 Å². The number of hydrogen-bond acceptors (Lipinski definition) is 4. The number of carbonyl (C=O) groups excluding carboxylic acids is 2. The second-order valence-electron chi connectivity index (χ2n) is 9.44. The fourth-order valence-electron chi connectivity index (χ4n) is 3.88. The lowest BCUT2D eigenvalue weighted by molar-refractivity contribution is -0.138. The summed E-state index contributed by atoms with van der Waals surface area (Å²) >= 11 is 0. The van der Waals surface area contributed by atoms with E-state index < -0.39 is 34.3 Å². The van der Waals surface area contributed by atoms with Gasteiger partial charge in [0.1, 0.15) is 18.4 Å². The van der Waals surface area contributed by atoms with Crippen molar-refractivity contribution in [2.45, 2.75) is 38.1 Å². The van der Waals surface area contributed by atoms with E-state index in [9.17, 15) is 22.4 Å². The van der Waals surface area contributed by atoms with Gasteiger partial charge in [0, 0.05) is 13.1 Å². The van der Waals surface area contributed by atoms with Crippen LogP contribution in [0.25, 0.3) is 0 Å². The first-order valence-corrected chi connectivity index (χ1v) is 14.0. The highest BCUT2D eigenvalue weighted by atomic mass is 32.2. The number of nitrogens with one attached hydrogen (secondary N) is 1. The van der Waals surface area contributed by atoms with E-state index in [0.717, 1.165) is 22.0 Å². The Hall–Kier alpha value is -3.72. The van der Waals surface area contributed by atoms with Gasteiger partial charge in [-0.25, -0.2) is 12.8 Å². The molecule has 0 fully saturated rings. The van der Waals surface area contributed by atoms with E-state index in [4.69, 9.17) is 0 Å². The summed E-state index contributed by atoms with van der Waals surface area (Å²) in [6.45, 7) is 5.74. The first kappa shape index (κ1) is 28.8. The normalized spacial score (nSPS) is 12.1. The number of carbonyl (C=O) groups is 2. The van der Waals surface area contributed by atoms with Crippen LogP contribution in [0.2, 0.25) is 0 Å². The molecule has 1 N–H and O–H groups in total. The summed E-state index contributed by atoms with van der Waals surface area (Å²) in [7, 11) is -4.22. The zero-order valence-corrected chi connectivity index (χ0v) is 22.7. The van der Waals surface area contributed by atoms with E-state index in [-0.39, 0.29) is 29.0 Å². The van der Waals surface area contributed by atoms with Gasteiger partial charge in [0.2, 0.25) is 11.8 Å². The molecule has 3 aromatic rings. The highest BCUT2D eigenvalue weighted by Gasteiger charge is 2.32. The van der Waals surface area contributed by atoms with Crippen LogP contribution < -0.4 is 9.62 Å².